The van der Waals surface area contributed by atoms with Gasteiger partial charge in [0.05, 0.1) is 0 Å². The van der Waals surface area contributed by atoms with E-state index in [2.05, 4.69) is 19.8 Å². The van der Waals surface area contributed by atoms with Crippen molar-refractivity contribution in [2.24, 2.45) is 5.92 Å². The molecule has 0 saturated carbocycles. The highest BCUT2D eigenvalue weighted by molar-refractivity contribution is 4.89. The fraction of sp³-hybridized carbons (Fsp3) is 0.778. The molecule has 0 saturated heterocycles. The van der Waals surface area contributed by atoms with Crippen molar-refractivity contribution < 1.29 is 0 Å². The summed E-state index contributed by atoms with van der Waals surface area (Å²) in [5, 5.41) is 0. The van der Waals surface area contributed by atoms with E-state index in [1.54, 1.807) is 0 Å². The van der Waals surface area contributed by atoms with Crippen LogP contribution in [0.25, 0.3) is 0 Å². The van der Waals surface area contributed by atoms with E-state index in [1.165, 1.54) is 25.7 Å². The van der Waals surface area contributed by atoms with Crippen molar-refractivity contribution >= 4 is 0 Å². The minimum Gasteiger partial charge on any atom is -0.120 e. The van der Waals surface area contributed by atoms with Crippen LogP contribution in [0.15, 0.2) is 0 Å². The Balaban J connectivity index is 2.99. The number of hydrogen-bond donors (Lipinski definition) is 0. The standard InChI is InChI=1S/C9H16/c1-4-6-7-8-9(3)5-2/h2,9H,4,6-8H2,1,3H3. The molecule has 0 N–H and O–H groups in total. The van der Waals surface area contributed by atoms with Gasteiger partial charge in [0.15, 0.2) is 0 Å². The van der Waals surface area contributed by atoms with E-state index in [4.69, 9.17) is 6.42 Å². The van der Waals surface area contributed by atoms with E-state index in [9.17, 15) is 0 Å². The molecule has 0 fully saturated rings. The van der Waals surface area contributed by atoms with Crippen molar-refractivity contribution in [1.82, 2.24) is 0 Å². The summed E-state index contributed by atoms with van der Waals surface area (Å²) >= 11 is 0. The average Bonchev–Trinajstić information content (AvgIpc) is 1.89. The van der Waals surface area contributed by atoms with Gasteiger partial charge in [-0.25, -0.2) is 0 Å². The predicted octanol–water partition coefficient (Wildman–Crippen LogP) is 2.84. The summed E-state index contributed by atoms with van der Waals surface area (Å²) < 4.78 is 0. The fourth-order valence-electron chi connectivity index (χ4n) is 0.784. The van der Waals surface area contributed by atoms with Crippen LogP contribution in [0.5, 0.6) is 0 Å². The van der Waals surface area contributed by atoms with E-state index >= 15 is 0 Å². The largest absolute Gasteiger partial charge is 0.120 e. The molecule has 0 aromatic rings. The van der Waals surface area contributed by atoms with E-state index in [0.717, 1.165) is 0 Å². The predicted molar refractivity (Wildman–Crippen MR) is 42.1 cm³/mol. The highest BCUT2D eigenvalue weighted by Crippen LogP contribution is 2.06. The minimum atomic E-state index is 0.483. The lowest BCUT2D eigenvalue weighted by atomic mass is 10.0. The molecule has 1 unspecified atom stereocenters. The molecule has 0 radical (unpaired) electrons. The number of hydrogen-bond acceptors (Lipinski definition) is 0. The second-order valence-electron chi connectivity index (χ2n) is 2.56. The molecule has 0 spiro atoms. The molecule has 0 amide bonds. The number of rotatable bonds is 4. The van der Waals surface area contributed by atoms with E-state index in [-0.39, 0.29) is 0 Å². The van der Waals surface area contributed by atoms with Gasteiger partial charge in [-0.1, -0.05) is 33.1 Å². The van der Waals surface area contributed by atoms with Crippen molar-refractivity contribution in [3.05, 3.63) is 0 Å². The van der Waals surface area contributed by atoms with Gasteiger partial charge < -0.3 is 0 Å². The van der Waals surface area contributed by atoms with Crippen molar-refractivity contribution in [3.63, 3.8) is 0 Å². The second kappa shape index (κ2) is 5.69. The van der Waals surface area contributed by atoms with Crippen LogP contribution >= 0.6 is 0 Å². The molecule has 0 rings (SSSR count). The zero-order valence-corrected chi connectivity index (χ0v) is 6.48. The first-order valence-corrected chi connectivity index (χ1v) is 3.77. The first kappa shape index (κ1) is 8.56. The third-order valence-corrected chi connectivity index (χ3v) is 1.53. The lowest BCUT2D eigenvalue weighted by Gasteiger charge is -2.00. The summed E-state index contributed by atoms with van der Waals surface area (Å²) in [4.78, 5) is 0. The van der Waals surface area contributed by atoms with Crippen LogP contribution in [-0.4, -0.2) is 0 Å². The van der Waals surface area contributed by atoms with Crippen molar-refractivity contribution in [2.45, 2.75) is 39.5 Å². The maximum absolute atomic E-state index is 5.20. The SMILES string of the molecule is C#CC(C)CCCCC. The molecule has 1 atom stereocenters. The van der Waals surface area contributed by atoms with Crippen LogP contribution in [0.1, 0.15) is 39.5 Å². The average molecular weight is 124 g/mol. The van der Waals surface area contributed by atoms with Crippen LogP contribution in [0.4, 0.5) is 0 Å². The van der Waals surface area contributed by atoms with Gasteiger partial charge in [0.1, 0.15) is 0 Å². The summed E-state index contributed by atoms with van der Waals surface area (Å²) in [6.45, 7) is 4.32. The molecule has 52 valence electrons. The van der Waals surface area contributed by atoms with Crippen LogP contribution < -0.4 is 0 Å². The maximum atomic E-state index is 5.20. The molecule has 0 nitrogen and oxygen atoms in total. The Labute approximate surface area is 58.7 Å². The summed E-state index contributed by atoms with van der Waals surface area (Å²) in [5.74, 6) is 3.21. The highest BCUT2D eigenvalue weighted by atomic mass is 14.0. The quantitative estimate of drug-likeness (QED) is 0.399. The first-order chi connectivity index (χ1) is 4.31. The van der Waals surface area contributed by atoms with Gasteiger partial charge in [-0.3, -0.25) is 0 Å². The highest BCUT2D eigenvalue weighted by Gasteiger charge is 1.93. The number of terminal acetylenes is 1. The van der Waals surface area contributed by atoms with E-state index in [0.29, 0.717) is 5.92 Å². The third-order valence-electron chi connectivity index (χ3n) is 1.53. The molecule has 0 heteroatoms. The minimum absolute atomic E-state index is 0.483. The molecule has 0 bridgehead atoms. The molecule has 9 heavy (non-hydrogen) atoms. The van der Waals surface area contributed by atoms with Gasteiger partial charge in [0.2, 0.25) is 0 Å². The Morgan fingerprint density at radius 2 is 2.11 bits per heavy atom. The summed E-state index contributed by atoms with van der Waals surface area (Å²) in [6, 6.07) is 0. The summed E-state index contributed by atoms with van der Waals surface area (Å²) in [7, 11) is 0. The maximum Gasteiger partial charge on any atom is 0.0171 e. The Bertz CT molecular complexity index is 86.7. The normalized spacial score (nSPS) is 12.6. The molecule has 0 aliphatic rings. The van der Waals surface area contributed by atoms with Gasteiger partial charge in [0.25, 0.3) is 0 Å². The second-order valence-corrected chi connectivity index (χ2v) is 2.56. The summed E-state index contributed by atoms with van der Waals surface area (Å²) in [5.41, 5.74) is 0. The molecule has 0 heterocycles. The third kappa shape index (κ3) is 5.43. The Morgan fingerprint density at radius 1 is 1.44 bits per heavy atom. The molecule has 0 aliphatic heterocycles. The van der Waals surface area contributed by atoms with Crippen molar-refractivity contribution in [1.29, 1.82) is 0 Å². The summed E-state index contributed by atoms with van der Waals surface area (Å²) in [6.07, 6.45) is 10.3. The Kier molecular flexibility index (Phi) is 5.41. The zero-order chi connectivity index (χ0) is 7.11. The van der Waals surface area contributed by atoms with Gasteiger partial charge in [-0.15, -0.1) is 12.3 Å². The molecule has 0 aromatic heterocycles. The molecular weight excluding hydrogens is 108 g/mol. The van der Waals surface area contributed by atoms with Crippen LogP contribution in [0.3, 0.4) is 0 Å². The Morgan fingerprint density at radius 3 is 2.56 bits per heavy atom. The van der Waals surface area contributed by atoms with Gasteiger partial charge >= 0.3 is 0 Å². The topological polar surface area (TPSA) is 0 Å². The zero-order valence-electron chi connectivity index (χ0n) is 6.48. The number of unbranched alkanes of at least 4 members (excludes halogenated alkanes) is 2. The molecule has 0 aliphatic carbocycles. The smallest absolute Gasteiger partial charge is 0.0171 e. The fourth-order valence-corrected chi connectivity index (χ4v) is 0.784. The van der Waals surface area contributed by atoms with Crippen LogP contribution in [0, 0.1) is 18.3 Å². The monoisotopic (exact) mass is 124 g/mol. The van der Waals surface area contributed by atoms with Crippen molar-refractivity contribution in [3.8, 4) is 12.3 Å². The van der Waals surface area contributed by atoms with E-state index < -0.39 is 0 Å². The van der Waals surface area contributed by atoms with Crippen molar-refractivity contribution in [2.75, 3.05) is 0 Å². The van der Waals surface area contributed by atoms with E-state index in [1.807, 2.05) is 0 Å². The molecular formula is C9H16. The lowest BCUT2D eigenvalue weighted by molar-refractivity contribution is 0.589. The first-order valence-electron chi connectivity index (χ1n) is 3.77. The Hall–Kier alpha value is -0.440. The molecule has 0 aromatic carbocycles. The van der Waals surface area contributed by atoms with Gasteiger partial charge in [0, 0.05) is 5.92 Å². The van der Waals surface area contributed by atoms with Crippen LogP contribution in [0.2, 0.25) is 0 Å². The van der Waals surface area contributed by atoms with Gasteiger partial charge in [-0.05, 0) is 6.42 Å². The van der Waals surface area contributed by atoms with Gasteiger partial charge in [-0.2, -0.15) is 0 Å². The lowest BCUT2D eigenvalue weighted by Crippen LogP contribution is -1.88. The van der Waals surface area contributed by atoms with Crippen LogP contribution in [-0.2, 0) is 0 Å².